The average Bonchev–Trinajstić information content (AvgIpc) is 2.69. The van der Waals surface area contributed by atoms with Crippen LogP contribution < -0.4 is 4.90 Å². The van der Waals surface area contributed by atoms with E-state index >= 15 is 0 Å². The molecule has 5 nitrogen and oxygen atoms in total. The molecule has 0 N–H and O–H groups in total. The highest BCUT2D eigenvalue weighted by Crippen LogP contribution is 2.18. The molecule has 1 amide bonds. The minimum absolute atomic E-state index is 0.181. The third-order valence-electron chi connectivity index (χ3n) is 4.89. The van der Waals surface area contributed by atoms with E-state index in [9.17, 15) is 9.59 Å². The summed E-state index contributed by atoms with van der Waals surface area (Å²) in [6.45, 7) is 5.04. The molecule has 0 bridgehead atoms. The Labute approximate surface area is 154 Å². The van der Waals surface area contributed by atoms with Gasteiger partial charge in [0.1, 0.15) is 0 Å². The number of ether oxygens (including phenoxy) is 1. The maximum Gasteiger partial charge on any atom is 0.337 e. The minimum atomic E-state index is -0.330. The fourth-order valence-corrected chi connectivity index (χ4v) is 3.22. The van der Waals surface area contributed by atoms with Crippen molar-refractivity contribution in [1.29, 1.82) is 0 Å². The first-order chi connectivity index (χ1) is 12.6. The van der Waals surface area contributed by atoms with Gasteiger partial charge in [-0.05, 0) is 42.3 Å². The Balaban J connectivity index is 1.56. The van der Waals surface area contributed by atoms with Crippen LogP contribution in [0, 0.1) is 6.92 Å². The van der Waals surface area contributed by atoms with Gasteiger partial charge in [0.2, 0.25) is 5.91 Å². The Hall–Kier alpha value is -2.82. The molecule has 0 unspecified atom stereocenters. The summed E-state index contributed by atoms with van der Waals surface area (Å²) in [5, 5.41) is 0. The van der Waals surface area contributed by atoms with Crippen LogP contribution in [-0.4, -0.2) is 50.1 Å². The van der Waals surface area contributed by atoms with Gasteiger partial charge in [0.15, 0.2) is 0 Å². The zero-order valence-corrected chi connectivity index (χ0v) is 15.3. The van der Waals surface area contributed by atoms with Crippen molar-refractivity contribution in [3.63, 3.8) is 0 Å². The quantitative estimate of drug-likeness (QED) is 0.794. The van der Waals surface area contributed by atoms with E-state index in [2.05, 4.69) is 4.90 Å². The molecule has 0 atom stereocenters. The van der Waals surface area contributed by atoms with Crippen LogP contribution >= 0.6 is 0 Å². The van der Waals surface area contributed by atoms with Crippen LogP contribution in [0.1, 0.15) is 21.5 Å². The van der Waals surface area contributed by atoms with Crippen molar-refractivity contribution in [2.24, 2.45) is 0 Å². The molecule has 0 aromatic heterocycles. The number of aryl methyl sites for hydroxylation is 1. The summed E-state index contributed by atoms with van der Waals surface area (Å²) < 4.78 is 4.72. The van der Waals surface area contributed by atoms with Gasteiger partial charge >= 0.3 is 5.97 Å². The Morgan fingerprint density at radius 1 is 0.962 bits per heavy atom. The monoisotopic (exact) mass is 352 g/mol. The molecule has 1 aliphatic heterocycles. The van der Waals surface area contributed by atoms with Gasteiger partial charge in [-0.2, -0.15) is 0 Å². The Bertz CT molecular complexity index is 778. The van der Waals surface area contributed by atoms with Gasteiger partial charge < -0.3 is 14.5 Å². The number of hydrogen-bond donors (Lipinski definition) is 0. The van der Waals surface area contributed by atoms with E-state index in [1.165, 1.54) is 7.11 Å². The second-order valence-corrected chi connectivity index (χ2v) is 6.51. The largest absolute Gasteiger partial charge is 0.465 e. The molecule has 0 aliphatic carbocycles. The third kappa shape index (κ3) is 4.04. The summed E-state index contributed by atoms with van der Waals surface area (Å²) in [6, 6.07) is 15.4. The van der Waals surface area contributed by atoms with Gasteiger partial charge in [-0.3, -0.25) is 4.79 Å². The normalized spacial score (nSPS) is 14.2. The van der Waals surface area contributed by atoms with Crippen molar-refractivity contribution < 1.29 is 14.3 Å². The van der Waals surface area contributed by atoms with Crippen LogP contribution in [0.3, 0.4) is 0 Å². The molecule has 0 radical (unpaired) electrons. The molecular weight excluding hydrogens is 328 g/mol. The molecule has 2 aromatic carbocycles. The first kappa shape index (κ1) is 18.0. The molecule has 1 fully saturated rings. The first-order valence-electron chi connectivity index (χ1n) is 8.84. The maximum absolute atomic E-state index is 12.6. The Kier molecular flexibility index (Phi) is 5.56. The zero-order chi connectivity index (χ0) is 18.5. The van der Waals surface area contributed by atoms with Crippen LogP contribution in [0.4, 0.5) is 5.69 Å². The number of methoxy groups -OCH3 is 1. The fraction of sp³-hybridized carbons (Fsp3) is 0.333. The molecule has 0 spiro atoms. The van der Waals surface area contributed by atoms with E-state index in [4.69, 9.17) is 4.74 Å². The van der Waals surface area contributed by atoms with Crippen LogP contribution in [0.5, 0.6) is 0 Å². The van der Waals surface area contributed by atoms with Gasteiger partial charge in [-0.25, -0.2) is 4.79 Å². The highest BCUT2D eigenvalue weighted by Gasteiger charge is 2.22. The van der Waals surface area contributed by atoms with Gasteiger partial charge in [0, 0.05) is 31.9 Å². The van der Waals surface area contributed by atoms with Gasteiger partial charge in [0.05, 0.1) is 19.1 Å². The minimum Gasteiger partial charge on any atom is -0.465 e. The highest BCUT2D eigenvalue weighted by molar-refractivity contribution is 5.89. The van der Waals surface area contributed by atoms with E-state index in [-0.39, 0.29) is 11.9 Å². The second-order valence-electron chi connectivity index (χ2n) is 6.51. The van der Waals surface area contributed by atoms with E-state index < -0.39 is 0 Å². The molecule has 26 heavy (non-hydrogen) atoms. The van der Waals surface area contributed by atoms with Crippen LogP contribution in [0.25, 0.3) is 0 Å². The van der Waals surface area contributed by atoms with Crippen LogP contribution in [0.15, 0.2) is 48.5 Å². The second kappa shape index (κ2) is 8.04. The number of anilines is 1. The van der Waals surface area contributed by atoms with E-state index in [0.29, 0.717) is 25.1 Å². The summed E-state index contributed by atoms with van der Waals surface area (Å²) in [6.07, 6.45) is 0.459. The maximum atomic E-state index is 12.6. The summed E-state index contributed by atoms with van der Waals surface area (Å²) in [7, 11) is 1.38. The summed E-state index contributed by atoms with van der Waals surface area (Å²) in [5.41, 5.74) is 3.86. The van der Waals surface area contributed by atoms with Crippen LogP contribution in [0.2, 0.25) is 0 Å². The standard InChI is InChI=1S/C21H24N2O3/c1-16-5-3-4-6-18(16)15-20(24)23-13-11-22(12-14-23)19-9-7-17(8-10-19)21(25)26-2/h3-10H,11-15H2,1-2H3. The van der Waals surface area contributed by atoms with Crippen molar-refractivity contribution >= 4 is 17.6 Å². The molecular formula is C21H24N2O3. The summed E-state index contributed by atoms with van der Waals surface area (Å²) in [4.78, 5) is 28.3. The van der Waals surface area contributed by atoms with Gasteiger partial charge in [0.25, 0.3) is 0 Å². The van der Waals surface area contributed by atoms with E-state index in [1.807, 2.05) is 48.2 Å². The van der Waals surface area contributed by atoms with Gasteiger partial charge in [-0.1, -0.05) is 24.3 Å². The number of amides is 1. The number of carbonyl (C=O) groups is 2. The molecule has 5 heteroatoms. The number of rotatable bonds is 4. The first-order valence-corrected chi connectivity index (χ1v) is 8.84. The molecule has 3 rings (SSSR count). The lowest BCUT2D eigenvalue weighted by atomic mass is 10.1. The smallest absolute Gasteiger partial charge is 0.337 e. The SMILES string of the molecule is COC(=O)c1ccc(N2CCN(C(=O)Cc3ccccc3C)CC2)cc1. The van der Waals surface area contributed by atoms with Crippen molar-refractivity contribution in [2.75, 3.05) is 38.2 Å². The Morgan fingerprint density at radius 2 is 1.62 bits per heavy atom. The Morgan fingerprint density at radius 3 is 2.23 bits per heavy atom. The predicted molar refractivity (Wildman–Crippen MR) is 101 cm³/mol. The lowest BCUT2D eigenvalue weighted by Crippen LogP contribution is -2.49. The van der Waals surface area contributed by atoms with E-state index in [0.717, 1.165) is 29.9 Å². The summed E-state index contributed by atoms with van der Waals surface area (Å²) >= 11 is 0. The third-order valence-corrected chi connectivity index (χ3v) is 4.89. The number of carbonyl (C=O) groups excluding carboxylic acids is 2. The zero-order valence-electron chi connectivity index (χ0n) is 15.3. The number of piperazine rings is 1. The summed E-state index contributed by atoms with van der Waals surface area (Å²) in [5.74, 6) is -0.150. The lowest BCUT2D eigenvalue weighted by Gasteiger charge is -2.36. The number of benzene rings is 2. The lowest BCUT2D eigenvalue weighted by molar-refractivity contribution is -0.130. The molecule has 0 saturated carbocycles. The van der Waals surface area contributed by atoms with Crippen molar-refractivity contribution in [3.05, 3.63) is 65.2 Å². The van der Waals surface area contributed by atoms with Crippen molar-refractivity contribution in [2.45, 2.75) is 13.3 Å². The number of esters is 1. The highest BCUT2D eigenvalue weighted by atomic mass is 16.5. The molecule has 1 heterocycles. The van der Waals surface area contributed by atoms with Crippen LogP contribution in [-0.2, 0) is 16.0 Å². The van der Waals surface area contributed by atoms with Crippen molar-refractivity contribution in [3.8, 4) is 0 Å². The topological polar surface area (TPSA) is 49.9 Å². The average molecular weight is 352 g/mol. The number of nitrogens with zero attached hydrogens (tertiary/aromatic N) is 2. The molecule has 136 valence electrons. The predicted octanol–water partition coefficient (Wildman–Crippen LogP) is 2.67. The molecule has 1 saturated heterocycles. The fourth-order valence-electron chi connectivity index (χ4n) is 3.22. The molecule has 1 aliphatic rings. The number of hydrogen-bond acceptors (Lipinski definition) is 4. The van der Waals surface area contributed by atoms with Crippen molar-refractivity contribution in [1.82, 2.24) is 4.90 Å². The van der Waals surface area contributed by atoms with Gasteiger partial charge in [-0.15, -0.1) is 0 Å². The molecule has 2 aromatic rings. The van der Waals surface area contributed by atoms with E-state index in [1.54, 1.807) is 12.1 Å².